The van der Waals surface area contributed by atoms with Crippen molar-refractivity contribution in [2.24, 2.45) is 5.73 Å². The lowest BCUT2D eigenvalue weighted by atomic mass is 9.97. The van der Waals surface area contributed by atoms with Crippen molar-refractivity contribution in [3.05, 3.63) is 0 Å². The average Bonchev–Trinajstić information content (AvgIpc) is 2.08. The molecule has 0 aromatic carbocycles. The van der Waals surface area contributed by atoms with Gasteiger partial charge in [0.1, 0.15) is 0 Å². The van der Waals surface area contributed by atoms with Gasteiger partial charge in [0.15, 0.2) is 0 Å². The van der Waals surface area contributed by atoms with Crippen LogP contribution in [0, 0.1) is 12.3 Å². The number of likely N-dealkylation sites (tertiary alicyclic amines) is 1. The molecule has 1 fully saturated rings. The number of hydrogen-bond acceptors (Lipinski definition) is 2. The highest BCUT2D eigenvalue weighted by atomic mass is 15.2. The normalized spacial score (nSPS) is 34.2. The van der Waals surface area contributed by atoms with Crippen LogP contribution in [-0.4, -0.2) is 29.6 Å². The van der Waals surface area contributed by atoms with Gasteiger partial charge in [0.2, 0.25) is 0 Å². The number of nitrogens with two attached hydrogens (primary N) is 1. The Labute approximate surface area is 75.1 Å². The van der Waals surface area contributed by atoms with Crippen LogP contribution in [0.15, 0.2) is 0 Å². The molecule has 2 N–H and O–H groups in total. The first-order chi connectivity index (χ1) is 5.66. The van der Waals surface area contributed by atoms with Gasteiger partial charge in [-0.1, -0.05) is 5.92 Å². The summed E-state index contributed by atoms with van der Waals surface area (Å²) in [4.78, 5) is 2.31. The Morgan fingerprint density at radius 1 is 1.67 bits per heavy atom. The van der Waals surface area contributed by atoms with Crippen molar-refractivity contribution in [1.82, 2.24) is 4.90 Å². The maximum absolute atomic E-state index is 5.95. The summed E-state index contributed by atoms with van der Waals surface area (Å²) in [6.07, 6.45) is 7.69. The molecule has 1 rings (SSSR count). The fourth-order valence-corrected chi connectivity index (χ4v) is 1.84. The van der Waals surface area contributed by atoms with Gasteiger partial charge in [-0.3, -0.25) is 4.90 Å². The summed E-state index contributed by atoms with van der Waals surface area (Å²) in [5, 5.41) is 0. The Hall–Kier alpha value is -0.520. The molecule has 0 aromatic rings. The van der Waals surface area contributed by atoms with Gasteiger partial charge in [0.05, 0.1) is 6.04 Å². The van der Waals surface area contributed by atoms with E-state index in [2.05, 4.69) is 24.7 Å². The van der Waals surface area contributed by atoms with Crippen LogP contribution in [0.5, 0.6) is 0 Å². The molecular formula is C10H18N2. The minimum atomic E-state index is 0.228. The summed E-state index contributed by atoms with van der Waals surface area (Å²) in [5.41, 5.74) is 5.95. The second-order valence-corrected chi connectivity index (χ2v) is 3.63. The van der Waals surface area contributed by atoms with Crippen LogP contribution in [0.4, 0.5) is 0 Å². The first-order valence-electron chi connectivity index (χ1n) is 4.64. The number of hydrogen-bond donors (Lipinski definition) is 1. The van der Waals surface area contributed by atoms with Crippen molar-refractivity contribution in [2.45, 2.75) is 44.8 Å². The highest BCUT2D eigenvalue weighted by Crippen LogP contribution is 2.17. The zero-order valence-corrected chi connectivity index (χ0v) is 7.96. The highest BCUT2D eigenvalue weighted by Gasteiger charge is 2.27. The molecule has 1 saturated heterocycles. The van der Waals surface area contributed by atoms with Crippen molar-refractivity contribution in [3.8, 4) is 12.3 Å². The van der Waals surface area contributed by atoms with E-state index in [1.54, 1.807) is 0 Å². The minimum Gasteiger partial charge on any atom is -0.326 e. The molecule has 2 nitrogen and oxygen atoms in total. The van der Waals surface area contributed by atoms with Gasteiger partial charge >= 0.3 is 0 Å². The molecule has 0 bridgehead atoms. The molecule has 0 aromatic heterocycles. The Morgan fingerprint density at radius 2 is 2.33 bits per heavy atom. The fourth-order valence-electron chi connectivity index (χ4n) is 1.84. The summed E-state index contributed by atoms with van der Waals surface area (Å²) in [5.74, 6) is 2.76. The Kier molecular flexibility index (Phi) is 3.13. The molecule has 68 valence electrons. The third kappa shape index (κ3) is 1.80. The standard InChI is InChI=1S/C10H18N2/c1-4-8(2)12-7-5-6-10(11)9(12)3/h1,8-10H,5-7,11H2,2-3H3/t8?,9-,10-/m1/s1. The third-order valence-corrected chi connectivity index (χ3v) is 2.84. The van der Waals surface area contributed by atoms with E-state index >= 15 is 0 Å². The average molecular weight is 166 g/mol. The van der Waals surface area contributed by atoms with Gasteiger partial charge in [-0.2, -0.15) is 0 Å². The second kappa shape index (κ2) is 3.93. The van der Waals surface area contributed by atoms with Crippen molar-refractivity contribution >= 4 is 0 Å². The monoisotopic (exact) mass is 166 g/mol. The van der Waals surface area contributed by atoms with E-state index in [0.717, 1.165) is 13.0 Å². The zero-order chi connectivity index (χ0) is 9.14. The topological polar surface area (TPSA) is 29.3 Å². The van der Waals surface area contributed by atoms with Crippen LogP contribution in [0.2, 0.25) is 0 Å². The van der Waals surface area contributed by atoms with Crippen LogP contribution in [0.25, 0.3) is 0 Å². The van der Waals surface area contributed by atoms with Gasteiger partial charge < -0.3 is 5.73 Å². The summed E-state index contributed by atoms with van der Waals surface area (Å²) >= 11 is 0. The smallest absolute Gasteiger partial charge is 0.0686 e. The zero-order valence-electron chi connectivity index (χ0n) is 7.96. The molecule has 1 aliphatic rings. The lowest BCUT2D eigenvalue weighted by Gasteiger charge is -2.39. The van der Waals surface area contributed by atoms with Gasteiger partial charge in [0, 0.05) is 12.1 Å². The third-order valence-electron chi connectivity index (χ3n) is 2.84. The molecule has 0 spiro atoms. The summed E-state index contributed by atoms with van der Waals surface area (Å²) < 4.78 is 0. The van der Waals surface area contributed by atoms with Gasteiger partial charge in [-0.25, -0.2) is 0 Å². The second-order valence-electron chi connectivity index (χ2n) is 3.63. The van der Waals surface area contributed by atoms with E-state index < -0.39 is 0 Å². The molecule has 1 unspecified atom stereocenters. The Balaban J connectivity index is 2.58. The summed E-state index contributed by atoms with van der Waals surface area (Å²) in [6, 6.07) is 0.964. The highest BCUT2D eigenvalue weighted by molar-refractivity contribution is 5.00. The number of piperidine rings is 1. The van der Waals surface area contributed by atoms with Crippen LogP contribution < -0.4 is 5.73 Å². The molecule has 3 atom stereocenters. The maximum atomic E-state index is 5.95. The predicted octanol–water partition coefficient (Wildman–Crippen LogP) is 0.820. The summed E-state index contributed by atoms with van der Waals surface area (Å²) in [7, 11) is 0. The first-order valence-corrected chi connectivity index (χ1v) is 4.64. The van der Waals surface area contributed by atoms with Gasteiger partial charge in [-0.15, -0.1) is 6.42 Å². The molecule has 2 heteroatoms. The van der Waals surface area contributed by atoms with E-state index in [1.807, 2.05) is 0 Å². The van der Waals surface area contributed by atoms with Crippen molar-refractivity contribution < 1.29 is 0 Å². The number of nitrogens with zero attached hydrogens (tertiary/aromatic N) is 1. The van der Waals surface area contributed by atoms with Crippen LogP contribution >= 0.6 is 0 Å². The van der Waals surface area contributed by atoms with Crippen LogP contribution in [-0.2, 0) is 0 Å². The molecule has 1 heterocycles. The molecular weight excluding hydrogens is 148 g/mol. The van der Waals surface area contributed by atoms with Gasteiger partial charge in [0.25, 0.3) is 0 Å². The van der Waals surface area contributed by atoms with E-state index in [-0.39, 0.29) is 6.04 Å². The Bertz CT molecular complexity index is 183. The van der Waals surface area contributed by atoms with E-state index in [1.165, 1.54) is 6.42 Å². The Morgan fingerprint density at radius 3 is 2.92 bits per heavy atom. The van der Waals surface area contributed by atoms with Crippen LogP contribution in [0.3, 0.4) is 0 Å². The molecule has 0 amide bonds. The van der Waals surface area contributed by atoms with E-state index in [9.17, 15) is 0 Å². The summed E-state index contributed by atoms with van der Waals surface area (Å²) in [6.45, 7) is 5.33. The fraction of sp³-hybridized carbons (Fsp3) is 0.800. The van der Waals surface area contributed by atoms with E-state index in [4.69, 9.17) is 12.2 Å². The lowest BCUT2D eigenvalue weighted by molar-refractivity contribution is 0.122. The molecule has 12 heavy (non-hydrogen) atoms. The van der Waals surface area contributed by atoms with Crippen molar-refractivity contribution in [3.63, 3.8) is 0 Å². The molecule has 0 aliphatic carbocycles. The lowest BCUT2D eigenvalue weighted by Crippen LogP contribution is -2.53. The molecule has 0 radical (unpaired) electrons. The number of terminal acetylenes is 1. The van der Waals surface area contributed by atoms with Crippen molar-refractivity contribution in [1.29, 1.82) is 0 Å². The minimum absolute atomic E-state index is 0.228. The van der Waals surface area contributed by atoms with E-state index in [0.29, 0.717) is 12.1 Å². The molecule has 1 aliphatic heterocycles. The predicted molar refractivity (Wildman–Crippen MR) is 51.7 cm³/mol. The van der Waals surface area contributed by atoms with Crippen molar-refractivity contribution in [2.75, 3.05) is 6.54 Å². The maximum Gasteiger partial charge on any atom is 0.0686 e. The van der Waals surface area contributed by atoms with Crippen LogP contribution in [0.1, 0.15) is 26.7 Å². The molecule has 0 saturated carbocycles. The largest absolute Gasteiger partial charge is 0.326 e. The SMILES string of the molecule is C#CC(C)N1CCC[C@@H](N)[C@H]1C. The first kappa shape index (κ1) is 9.57. The number of rotatable bonds is 1. The quantitative estimate of drug-likeness (QED) is 0.584. The van der Waals surface area contributed by atoms with Gasteiger partial charge in [-0.05, 0) is 33.2 Å².